The Balaban J connectivity index is 3.69. The molecule has 0 amide bonds. The Kier molecular flexibility index (Phi) is 6.00. The summed E-state index contributed by atoms with van der Waals surface area (Å²) in [7, 11) is 1.28. The van der Waals surface area contributed by atoms with E-state index in [4.69, 9.17) is 0 Å². The minimum Gasteiger partial charge on any atom is -0.305 e. The minimum atomic E-state index is -0.915. The van der Waals surface area contributed by atoms with E-state index in [1.165, 1.54) is 6.17 Å². The lowest BCUT2D eigenvalue weighted by Gasteiger charge is -2.23. The second-order valence-corrected chi connectivity index (χ2v) is 10.1. The molecule has 0 aromatic rings. The number of allylic oxidation sites excluding steroid dienone is 3. The van der Waals surface area contributed by atoms with E-state index in [2.05, 4.69) is 55.9 Å². The van der Waals surface area contributed by atoms with Crippen LogP contribution < -0.4 is 0 Å². The lowest BCUT2D eigenvalue weighted by atomic mass is 10.4. The second-order valence-electron chi connectivity index (χ2n) is 4.71. The smallest absolute Gasteiger partial charge is 0.0599 e. The van der Waals surface area contributed by atoms with E-state index in [0.29, 0.717) is 0 Å². The fourth-order valence-corrected chi connectivity index (χ4v) is 3.05. The quantitative estimate of drug-likeness (QED) is 0.484. The van der Waals surface area contributed by atoms with Crippen LogP contribution in [0.3, 0.4) is 0 Å². The van der Waals surface area contributed by atoms with Crippen molar-refractivity contribution in [3.63, 3.8) is 0 Å². The average molecular weight is 197 g/mol. The van der Waals surface area contributed by atoms with Crippen LogP contribution in [-0.4, -0.2) is 32.7 Å². The molecule has 0 aliphatic carbocycles. The highest BCUT2D eigenvalue weighted by Crippen LogP contribution is 2.02. The van der Waals surface area contributed by atoms with E-state index in [1.807, 2.05) is 6.92 Å². The van der Waals surface area contributed by atoms with E-state index in [1.54, 1.807) is 0 Å². The van der Waals surface area contributed by atoms with Crippen LogP contribution in [0.4, 0.5) is 0 Å². The van der Waals surface area contributed by atoms with Gasteiger partial charge in [-0.2, -0.15) is 0 Å². The number of nitrogens with zero attached hydrogens (tertiary/aromatic N) is 1. The first kappa shape index (κ1) is 12.7. The van der Waals surface area contributed by atoms with Crippen LogP contribution in [0.5, 0.6) is 0 Å². The maximum atomic E-state index is 2.40. The van der Waals surface area contributed by atoms with Crippen molar-refractivity contribution in [3.8, 4) is 0 Å². The molecule has 0 heterocycles. The van der Waals surface area contributed by atoms with Crippen LogP contribution in [-0.2, 0) is 0 Å². The van der Waals surface area contributed by atoms with Crippen molar-refractivity contribution in [1.29, 1.82) is 0 Å². The number of rotatable bonds is 5. The first-order valence-corrected chi connectivity index (χ1v) is 8.63. The monoisotopic (exact) mass is 197 g/mol. The van der Waals surface area contributed by atoms with E-state index < -0.39 is 8.07 Å². The molecular formula is C11H23NSi. The van der Waals surface area contributed by atoms with E-state index >= 15 is 0 Å². The van der Waals surface area contributed by atoms with Gasteiger partial charge in [-0.1, -0.05) is 43.9 Å². The SMILES string of the molecule is C/C=C/C=C/CN(C)C[Si](C)(C)C. The Morgan fingerprint density at radius 3 is 2.23 bits per heavy atom. The summed E-state index contributed by atoms with van der Waals surface area (Å²) < 4.78 is 0. The van der Waals surface area contributed by atoms with Gasteiger partial charge in [0.05, 0.1) is 8.07 Å². The standard InChI is InChI=1S/C11H23NSi/c1-6-7-8-9-10-12(2)11-13(3,4)5/h6-9H,10-11H2,1-5H3/b7-6+,9-8+. The highest BCUT2D eigenvalue weighted by atomic mass is 28.3. The Hall–Kier alpha value is -0.343. The molecule has 0 aromatic carbocycles. The first-order valence-electron chi connectivity index (χ1n) is 4.92. The molecule has 0 aliphatic heterocycles. The van der Waals surface area contributed by atoms with Gasteiger partial charge in [0.25, 0.3) is 0 Å². The summed E-state index contributed by atoms with van der Waals surface area (Å²) in [6.07, 6.45) is 9.71. The van der Waals surface area contributed by atoms with Crippen molar-refractivity contribution in [2.24, 2.45) is 0 Å². The van der Waals surface area contributed by atoms with E-state index in [-0.39, 0.29) is 0 Å². The molecule has 0 aliphatic rings. The van der Waals surface area contributed by atoms with Crippen molar-refractivity contribution in [2.45, 2.75) is 26.6 Å². The van der Waals surface area contributed by atoms with Crippen molar-refractivity contribution in [3.05, 3.63) is 24.3 Å². The molecule has 13 heavy (non-hydrogen) atoms. The predicted octanol–water partition coefficient (Wildman–Crippen LogP) is 2.93. The van der Waals surface area contributed by atoms with Gasteiger partial charge in [0.1, 0.15) is 0 Å². The summed E-state index contributed by atoms with van der Waals surface area (Å²) in [5.41, 5.74) is 0. The van der Waals surface area contributed by atoms with E-state index in [9.17, 15) is 0 Å². The highest BCUT2D eigenvalue weighted by molar-refractivity contribution is 6.76. The van der Waals surface area contributed by atoms with Crippen molar-refractivity contribution in [2.75, 3.05) is 19.8 Å². The third-order valence-electron chi connectivity index (χ3n) is 1.60. The van der Waals surface area contributed by atoms with Crippen molar-refractivity contribution in [1.82, 2.24) is 4.90 Å². The number of likely N-dealkylation sites (N-methyl/N-ethyl adjacent to an activating group) is 1. The summed E-state index contributed by atoms with van der Waals surface area (Å²) in [6.45, 7) is 10.3. The fourth-order valence-electron chi connectivity index (χ4n) is 1.30. The van der Waals surface area contributed by atoms with Crippen LogP contribution in [0.25, 0.3) is 0 Å². The molecule has 0 fully saturated rings. The summed E-state index contributed by atoms with van der Waals surface area (Å²) >= 11 is 0. The Morgan fingerprint density at radius 1 is 1.15 bits per heavy atom. The molecule has 0 N–H and O–H groups in total. The van der Waals surface area contributed by atoms with Gasteiger partial charge in [0.15, 0.2) is 0 Å². The molecular weight excluding hydrogens is 174 g/mol. The first-order chi connectivity index (χ1) is 5.95. The third kappa shape index (κ3) is 9.57. The highest BCUT2D eigenvalue weighted by Gasteiger charge is 2.14. The van der Waals surface area contributed by atoms with E-state index in [0.717, 1.165) is 6.54 Å². The summed E-state index contributed by atoms with van der Waals surface area (Å²) in [4.78, 5) is 2.40. The molecule has 1 nitrogen and oxygen atoms in total. The molecule has 0 unspecified atom stereocenters. The largest absolute Gasteiger partial charge is 0.305 e. The molecule has 0 aromatic heterocycles. The molecule has 76 valence electrons. The summed E-state index contributed by atoms with van der Waals surface area (Å²) in [5.74, 6) is 0. The Morgan fingerprint density at radius 2 is 1.77 bits per heavy atom. The van der Waals surface area contributed by atoms with Crippen LogP contribution in [0.1, 0.15) is 6.92 Å². The fraction of sp³-hybridized carbons (Fsp3) is 0.636. The lowest BCUT2D eigenvalue weighted by Crippen LogP contribution is -2.37. The zero-order valence-corrected chi connectivity index (χ0v) is 10.7. The van der Waals surface area contributed by atoms with Gasteiger partial charge in [-0.3, -0.25) is 0 Å². The predicted molar refractivity (Wildman–Crippen MR) is 64.8 cm³/mol. The van der Waals surface area contributed by atoms with Gasteiger partial charge >= 0.3 is 0 Å². The minimum absolute atomic E-state index is 0.915. The molecule has 0 atom stereocenters. The lowest BCUT2D eigenvalue weighted by molar-refractivity contribution is 0.425. The third-order valence-corrected chi connectivity index (χ3v) is 3.09. The van der Waals surface area contributed by atoms with Crippen molar-refractivity contribution < 1.29 is 0 Å². The molecule has 0 saturated heterocycles. The Bertz CT molecular complexity index is 177. The molecule has 0 rings (SSSR count). The second kappa shape index (κ2) is 6.16. The number of hydrogen-bond acceptors (Lipinski definition) is 1. The normalized spacial score (nSPS) is 13.7. The topological polar surface area (TPSA) is 3.24 Å². The molecule has 0 radical (unpaired) electrons. The zero-order chi connectivity index (χ0) is 10.3. The van der Waals surface area contributed by atoms with Crippen molar-refractivity contribution >= 4 is 8.07 Å². The molecule has 2 heteroatoms. The maximum Gasteiger partial charge on any atom is 0.0599 e. The van der Waals surface area contributed by atoms with Crippen LogP contribution >= 0.6 is 0 Å². The summed E-state index contributed by atoms with van der Waals surface area (Å²) in [6, 6.07) is 0. The van der Waals surface area contributed by atoms with Gasteiger partial charge in [-0.15, -0.1) is 0 Å². The van der Waals surface area contributed by atoms with Gasteiger partial charge < -0.3 is 4.90 Å². The van der Waals surface area contributed by atoms with Gasteiger partial charge in [0, 0.05) is 6.54 Å². The zero-order valence-electron chi connectivity index (χ0n) is 9.67. The average Bonchev–Trinajstić information content (AvgIpc) is 1.94. The van der Waals surface area contributed by atoms with Crippen LogP contribution in [0, 0.1) is 0 Å². The molecule has 0 saturated carbocycles. The van der Waals surface area contributed by atoms with Gasteiger partial charge in [0.2, 0.25) is 0 Å². The molecule has 0 spiro atoms. The van der Waals surface area contributed by atoms with Gasteiger partial charge in [-0.05, 0) is 20.1 Å². The number of hydrogen-bond donors (Lipinski definition) is 0. The van der Waals surface area contributed by atoms with Gasteiger partial charge in [-0.25, -0.2) is 0 Å². The maximum absolute atomic E-state index is 2.40. The van der Waals surface area contributed by atoms with Crippen LogP contribution in [0.2, 0.25) is 19.6 Å². The molecule has 0 bridgehead atoms. The Labute approximate surface area is 84.2 Å². The summed E-state index contributed by atoms with van der Waals surface area (Å²) in [5, 5.41) is 0. The van der Waals surface area contributed by atoms with Crippen LogP contribution in [0.15, 0.2) is 24.3 Å².